The summed E-state index contributed by atoms with van der Waals surface area (Å²) in [5.41, 5.74) is 2.53. The number of likely N-dealkylation sites (N-methyl/N-ethyl adjacent to an activating group) is 1. The summed E-state index contributed by atoms with van der Waals surface area (Å²) in [5, 5.41) is 3.06. The number of aromatic nitrogens is 1. The molecular formula is C30H41F3N6O2. The van der Waals surface area contributed by atoms with Gasteiger partial charge in [-0.25, -0.2) is 9.79 Å². The Morgan fingerprint density at radius 2 is 1.90 bits per heavy atom. The van der Waals surface area contributed by atoms with Crippen molar-refractivity contribution in [3.05, 3.63) is 65.3 Å². The maximum absolute atomic E-state index is 12.6. The Bertz CT molecular complexity index is 1150. The lowest BCUT2D eigenvalue weighted by Crippen LogP contribution is -2.47. The van der Waals surface area contributed by atoms with E-state index in [1.54, 1.807) is 44.6 Å². The van der Waals surface area contributed by atoms with Crippen molar-refractivity contribution in [1.82, 2.24) is 20.1 Å². The molecule has 0 radical (unpaired) electrons. The average molecular weight is 575 g/mol. The van der Waals surface area contributed by atoms with Gasteiger partial charge in [0.1, 0.15) is 11.7 Å². The quantitative estimate of drug-likeness (QED) is 0.178. The number of esters is 1. The summed E-state index contributed by atoms with van der Waals surface area (Å²) in [6.07, 6.45) is 11.6. The predicted octanol–water partition coefficient (Wildman–Crippen LogP) is 4.83. The number of aliphatic imine (C=N–C) groups is 2. The fraction of sp³-hybridized carbons (Fsp3) is 0.467. The Labute approximate surface area is 241 Å². The third-order valence-corrected chi connectivity index (χ3v) is 6.43. The molecule has 0 bridgehead atoms. The van der Waals surface area contributed by atoms with Gasteiger partial charge in [0, 0.05) is 56.0 Å². The van der Waals surface area contributed by atoms with Gasteiger partial charge < -0.3 is 19.9 Å². The Balaban J connectivity index is 0.000000391. The normalized spacial score (nSPS) is 19.2. The number of methoxy groups -OCH3 is 1. The van der Waals surface area contributed by atoms with Gasteiger partial charge in [-0.05, 0) is 45.0 Å². The molecule has 0 amide bonds. The lowest BCUT2D eigenvalue weighted by atomic mass is 10.0. The lowest BCUT2D eigenvalue weighted by molar-refractivity contribution is -0.156. The first-order valence-corrected chi connectivity index (χ1v) is 13.3. The highest BCUT2D eigenvalue weighted by Gasteiger charge is 2.35. The fourth-order valence-corrected chi connectivity index (χ4v) is 3.83. The molecule has 0 aliphatic carbocycles. The number of amidine groups is 2. The molecule has 1 atom stereocenters. The van der Waals surface area contributed by atoms with Gasteiger partial charge in [-0.3, -0.25) is 9.98 Å². The molecule has 0 saturated carbocycles. The van der Waals surface area contributed by atoms with Crippen LogP contribution in [0.25, 0.3) is 0 Å². The molecule has 1 N–H and O–H groups in total. The summed E-state index contributed by atoms with van der Waals surface area (Å²) in [6, 6.07) is 3.63. The summed E-state index contributed by atoms with van der Waals surface area (Å²) >= 11 is 0. The predicted molar refractivity (Wildman–Crippen MR) is 158 cm³/mol. The topological polar surface area (TPSA) is 82.4 Å². The van der Waals surface area contributed by atoms with E-state index in [1.807, 2.05) is 13.0 Å². The maximum atomic E-state index is 12.6. The van der Waals surface area contributed by atoms with Gasteiger partial charge in [0.25, 0.3) is 0 Å². The second-order valence-corrected chi connectivity index (χ2v) is 9.16. The van der Waals surface area contributed by atoms with E-state index in [0.717, 1.165) is 51.0 Å². The molecule has 224 valence electrons. The summed E-state index contributed by atoms with van der Waals surface area (Å²) in [4.78, 5) is 28.5. The van der Waals surface area contributed by atoms with Crippen molar-refractivity contribution in [3.8, 4) is 12.8 Å². The summed E-state index contributed by atoms with van der Waals surface area (Å²) in [7, 11) is 1.38. The second kappa shape index (κ2) is 17.7. The number of carbonyl (C=O) groups excluding carboxylic acids is 1. The van der Waals surface area contributed by atoms with E-state index in [9.17, 15) is 18.0 Å². The third-order valence-electron chi connectivity index (χ3n) is 6.43. The Kier molecular flexibility index (Phi) is 15.2. The number of ether oxygens (including phenoxy) is 1. The van der Waals surface area contributed by atoms with Gasteiger partial charge in [0.15, 0.2) is 0 Å². The highest BCUT2D eigenvalue weighted by molar-refractivity contribution is 6.00. The van der Waals surface area contributed by atoms with Crippen molar-refractivity contribution >= 4 is 17.6 Å². The molecular weight excluding hydrogens is 533 g/mol. The van der Waals surface area contributed by atoms with Crippen LogP contribution in [-0.2, 0) is 9.53 Å². The van der Waals surface area contributed by atoms with Crippen LogP contribution in [0, 0.1) is 18.8 Å². The van der Waals surface area contributed by atoms with E-state index in [0.29, 0.717) is 22.7 Å². The Morgan fingerprint density at radius 3 is 2.41 bits per heavy atom. The zero-order chi connectivity index (χ0) is 31.0. The molecule has 2 aliphatic heterocycles. The number of carbonyl (C=O) groups is 1. The average Bonchev–Trinajstić information content (AvgIpc) is 3.00. The first kappa shape index (κ1) is 35.1. The van der Waals surface area contributed by atoms with Crippen LogP contribution in [0.1, 0.15) is 40.2 Å². The number of allylic oxidation sites excluding steroid dienone is 2. The van der Waals surface area contributed by atoms with Crippen LogP contribution in [0.5, 0.6) is 0 Å². The molecule has 1 unspecified atom stereocenters. The SMILES string of the molecule is C#C.C/C=C1/NC(c2cccnc2)=NC/C1=C/C(C)C(F)(F)F.CCN1CCN(C(C)=N/C=C(\C)C(=O)OC)CC1. The molecule has 41 heavy (non-hydrogen) atoms. The second-order valence-electron chi connectivity index (χ2n) is 9.16. The molecule has 1 fully saturated rings. The van der Waals surface area contributed by atoms with Crippen LogP contribution in [0.2, 0.25) is 0 Å². The van der Waals surface area contributed by atoms with Crippen LogP contribution in [0.3, 0.4) is 0 Å². The van der Waals surface area contributed by atoms with Crippen LogP contribution < -0.4 is 5.32 Å². The minimum atomic E-state index is -4.24. The number of hydrogen-bond acceptors (Lipinski definition) is 7. The number of nitrogens with zero attached hydrogens (tertiary/aromatic N) is 5. The first-order valence-electron chi connectivity index (χ1n) is 13.3. The molecule has 0 spiro atoms. The van der Waals surface area contributed by atoms with E-state index >= 15 is 0 Å². The van der Waals surface area contributed by atoms with Gasteiger partial charge in [-0.1, -0.05) is 26.0 Å². The zero-order valence-electron chi connectivity index (χ0n) is 24.7. The van der Waals surface area contributed by atoms with Crippen LogP contribution in [0.4, 0.5) is 13.2 Å². The van der Waals surface area contributed by atoms with Crippen molar-refractivity contribution in [2.24, 2.45) is 15.9 Å². The largest absolute Gasteiger partial charge is 0.466 e. The number of piperazine rings is 1. The van der Waals surface area contributed by atoms with Gasteiger partial charge in [-0.2, -0.15) is 13.2 Å². The van der Waals surface area contributed by atoms with Crippen molar-refractivity contribution in [3.63, 3.8) is 0 Å². The minimum absolute atomic E-state index is 0.220. The smallest absolute Gasteiger partial charge is 0.394 e. The summed E-state index contributed by atoms with van der Waals surface area (Å²) in [5.74, 6) is -0.260. The number of pyridine rings is 1. The molecule has 11 heteroatoms. The van der Waals surface area contributed by atoms with Crippen molar-refractivity contribution in [2.75, 3.05) is 46.4 Å². The fourth-order valence-electron chi connectivity index (χ4n) is 3.83. The third kappa shape index (κ3) is 11.6. The number of rotatable bonds is 5. The van der Waals surface area contributed by atoms with E-state index in [2.05, 4.69) is 54.6 Å². The van der Waals surface area contributed by atoms with Crippen molar-refractivity contribution < 1.29 is 22.7 Å². The lowest BCUT2D eigenvalue weighted by Gasteiger charge is -2.35. The standard InChI is InChI=1S/C15H16F3N3.C13H23N3O2.C2H2/c1-3-13-12(7-10(2)15(16,17)18)9-20-14(21-13)11-5-4-6-19-8-11;1-5-15-6-8-16(9-7-15)12(3)14-10-11(2)13(17)18-4;1-2/h3-8,10H,9H2,1-2H3,(H,20,21);10H,5-9H2,1-4H3;1-2H/b12-7-,13-3+;11-10+,14-12?;. The molecule has 1 saturated heterocycles. The number of nitrogens with one attached hydrogen (secondary N) is 1. The van der Waals surface area contributed by atoms with E-state index < -0.39 is 12.1 Å². The number of terminal acetylenes is 1. The minimum Gasteiger partial charge on any atom is -0.466 e. The summed E-state index contributed by atoms with van der Waals surface area (Å²) in [6.45, 7) is 14.2. The molecule has 8 nitrogen and oxygen atoms in total. The molecule has 3 rings (SSSR count). The van der Waals surface area contributed by atoms with Crippen molar-refractivity contribution in [1.29, 1.82) is 0 Å². The molecule has 1 aromatic heterocycles. The maximum Gasteiger partial charge on any atom is 0.394 e. The van der Waals surface area contributed by atoms with Crippen LogP contribution >= 0.6 is 0 Å². The molecule has 0 aromatic carbocycles. The van der Waals surface area contributed by atoms with E-state index in [4.69, 9.17) is 0 Å². The number of hydrogen-bond donors (Lipinski definition) is 1. The van der Waals surface area contributed by atoms with Gasteiger partial charge >= 0.3 is 12.1 Å². The van der Waals surface area contributed by atoms with Gasteiger partial charge in [-0.15, -0.1) is 12.8 Å². The number of halogens is 3. The highest BCUT2D eigenvalue weighted by atomic mass is 19.4. The number of alkyl halides is 3. The van der Waals surface area contributed by atoms with E-state index in [1.165, 1.54) is 13.2 Å². The molecule has 3 heterocycles. The first-order chi connectivity index (χ1) is 19.5. The monoisotopic (exact) mass is 574 g/mol. The van der Waals surface area contributed by atoms with Gasteiger partial charge in [0.2, 0.25) is 0 Å². The zero-order valence-corrected chi connectivity index (χ0v) is 24.7. The molecule has 1 aromatic rings. The Hall–Kier alpha value is -3.91. The van der Waals surface area contributed by atoms with Crippen molar-refractivity contribution in [2.45, 2.75) is 40.8 Å². The van der Waals surface area contributed by atoms with Crippen LogP contribution in [-0.4, -0.2) is 85.0 Å². The highest BCUT2D eigenvalue weighted by Crippen LogP contribution is 2.29. The van der Waals surface area contributed by atoms with Gasteiger partial charge in [0.05, 0.1) is 25.1 Å². The Morgan fingerprint density at radius 1 is 1.24 bits per heavy atom. The molecule has 2 aliphatic rings. The van der Waals surface area contributed by atoms with Crippen LogP contribution in [0.15, 0.2) is 69.7 Å². The van der Waals surface area contributed by atoms with E-state index in [-0.39, 0.29) is 12.5 Å². The summed E-state index contributed by atoms with van der Waals surface area (Å²) < 4.78 is 42.6.